The zero-order chi connectivity index (χ0) is 14.8. The summed E-state index contributed by atoms with van der Waals surface area (Å²) in [6.45, 7) is 5.43. The zero-order valence-electron chi connectivity index (χ0n) is 13.3. The molecule has 2 unspecified atom stereocenters. The van der Waals surface area contributed by atoms with Crippen LogP contribution in [0.5, 0.6) is 0 Å². The Bertz CT molecular complexity index is 623. The van der Waals surface area contributed by atoms with Crippen LogP contribution in [-0.4, -0.2) is 24.1 Å². The second-order valence-electron chi connectivity index (χ2n) is 6.08. The molecule has 0 radical (unpaired) electrons. The summed E-state index contributed by atoms with van der Waals surface area (Å²) in [5.74, 6) is 1.18. The number of rotatable bonds is 4. The summed E-state index contributed by atoms with van der Waals surface area (Å²) < 4.78 is 0. The van der Waals surface area contributed by atoms with E-state index in [1.54, 1.807) is 0 Å². The third-order valence-electron chi connectivity index (χ3n) is 4.63. The molecule has 21 heavy (non-hydrogen) atoms. The van der Waals surface area contributed by atoms with Gasteiger partial charge in [0.1, 0.15) is 5.82 Å². The van der Waals surface area contributed by atoms with E-state index in [2.05, 4.69) is 54.4 Å². The first-order valence-corrected chi connectivity index (χ1v) is 8.06. The fraction of sp³-hybridized carbons (Fsp3) is 0.500. The topological polar surface area (TPSA) is 28.2 Å². The first kappa shape index (κ1) is 14.3. The predicted molar refractivity (Wildman–Crippen MR) is 89.8 cm³/mol. The van der Waals surface area contributed by atoms with Crippen LogP contribution in [0.3, 0.4) is 0 Å². The summed E-state index contributed by atoms with van der Waals surface area (Å²) in [5, 5.41) is 5.80. The number of nitrogens with one attached hydrogen (secondary N) is 1. The number of anilines is 1. The average Bonchev–Trinajstić information content (AvgIpc) is 2.87. The van der Waals surface area contributed by atoms with Gasteiger partial charge < -0.3 is 10.2 Å². The van der Waals surface area contributed by atoms with Crippen molar-refractivity contribution in [2.75, 3.05) is 11.9 Å². The van der Waals surface area contributed by atoms with E-state index in [-0.39, 0.29) is 0 Å². The van der Waals surface area contributed by atoms with Crippen LogP contribution in [0.4, 0.5) is 5.82 Å². The highest BCUT2D eigenvalue weighted by molar-refractivity contribution is 5.93. The highest BCUT2D eigenvalue weighted by atomic mass is 15.3. The van der Waals surface area contributed by atoms with Crippen molar-refractivity contribution in [2.45, 2.75) is 51.7 Å². The molecule has 1 aliphatic heterocycles. The standard InChI is InChI=1S/C18H25N3/c1-4-16-10-9-13(2)21(16)18-17-8-6-5-7-14(17)11-15(20-18)12-19-3/h5-8,11,13,16,19H,4,9-10,12H2,1-3H3. The van der Waals surface area contributed by atoms with Gasteiger partial charge in [-0.1, -0.05) is 31.2 Å². The van der Waals surface area contributed by atoms with Crippen molar-refractivity contribution >= 4 is 16.6 Å². The Morgan fingerprint density at radius 2 is 2.10 bits per heavy atom. The summed E-state index contributed by atoms with van der Waals surface area (Å²) in [4.78, 5) is 7.54. The molecule has 0 spiro atoms. The van der Waals surface area contributed by atoms with Gasteiger partial charge in [0, 0.05) is 24.0 Å². The molecule has 0 aliphatic carbocycles. The van der Waals surface area contributed by atoms with Crippen LogP contribution in [0.2, 0.25) is 0 Å². The van der Waals surface area contributed by atoms with Crippen molar-refractivity contribution in [2.24, 2.45) is 0 Å². The second-order valence-corrected chi connectivity index (χ2v) is 6.08. The Kier molecular flexibility index (Phi) is 4.11. The first-order valence-electron chi connectivity index (χ1n) is 8.06. The Morgan fingerprint density at radius 1 is 1.29 bits per heavy atom. The molecule has 0 bridgehead atoms. The maximum atomic E-state index is 4.98. The Balaban J connectivity index is 2.15. The largest absolute Gasteiger partial charge is 0.350 e. The number of nitrogens with zero attached hydrogens (tertiary/aromatic N) is 2. The highest BCUT2D eigenvalue weighted by Gasteiger charge is 2.31. The molecule has 1 N–H and O–H groups in total. The number of hydrogen-bond donors (Lipinski definition) is 1. The molecule has 112 valence electrons. The van der Waals surface area contributed by atoms with Crippen LogP contribution in [0, 0.1) is 0 Å². The summed E-state index contributed by atoms with van der Waals surface area (Å²) >= 11 is 0. The molecule has 3 rings (SSSR count). The number of pyridine rings is 1. The third kappa shape index (κ3) is 2.62. The Hall–Kier alpha value is -1.61. The molecule has 1 aromatic heterocycles. The van der Waals surface area contributed by atoms with Gasteiger partial charge in [0.05, 0.1) is 5.69 Å². The lowest BCUT2D eigenvalue weighted by molar-refractivity contribution is 0.621. The lowest BCUT2D eigenvalue weighted by Gasteiger charge is -2.30. The van der Waals surface area contributed by atoms with Gasteiger partial charge in [0.25, 0.3) is 0 Å². The quantitative estimate of drug-likeness (QED) is 0.927. The van der Waals surface area contributed by atoms with Crippen molar-refractivity contribution in [3.63, 3.8) is 0 Å². The molecule has 0 saturated carbocycles. The average molecular weight is 283 g/mol. The van der Waals surface area contributed by atoms with Crippen molar-refractivity contribution in [3.8, 4) is 0 Å². The van der Waals surface area contributed by atoms with E-state index in [0.717, 1.165) is 12.2 Å². The molecular weight excluding hydrogens is 258 g/mol. The van der Waals surface area contributed by atoms with E-state index in [1.807, 2.05) is 7.05 Å². The van der Waals surface area contributed by atoms with Gasteiger partial charge in [-0.15, -0.1) is 0 Å². The number of fused-ring (bicyclic) bond motifs is 1. The summed E-state index contributed by atoms with van der Waals surface area (Å²) in [7, 11) is 1.98. The summed E-state index contributed by atoms with van der Waals surface area (Å²) in [6.07, 6.45) is 3.74. The van der Waals surface area contributed by atoms with E-state index in [9.17, 15) is 0 Å². The third-order valence-corrected chi connectivity index (χ3v) is 4.63. The minimum atomic E-state index is 0.579. The zero-order valence-corrected chi connectivity index (χ0v) is 13.3. The molecule has 1 fully saturated rings. The number of hydrogen-bond acceptors (Lipinski definition) is 3. The fourth-order valence-electron chi connectivity index (χ4n) is 3.56. The molecule has 1 aromatic carbocycles. The smallest absolute Gasteiger partial charge is 0.137 e. The Morgan fingerprint density at radius 3 is 2.86 bits per heavy atom. The van der Waals surface area contributed by atoms with Crippen LogP contribution in [0.1, 0.15) is 38.8 Å². The maximum absolute atomic E-state index is 4.98. The van der Waals surface area contributed by atoms with Crippen LogP contribution in [-0.2, 0) is 6.54 Å². The molecule has 2 atom stereocenters. The van der Waals surface area contributed by atoms with Crippen LogP contribution < -0.4 is 10.2 Å². The van der Waals surface area contributed by atoms with Gasteiger partial charge in [-0.25, -0.2) is 4.98 Å². The van der Waals surface area contributed by atoms with E-state index in [1.165, 1.54) is 35.9 Å². The van der Waals surface area contributed by atoms with E-state index < -0.39 is 0 Å². The van der Waals surface area contributed by atoms with Gasteiger partial charge in [0.15, 0.2) is 0 Å². The van der Waals surface area contributed by atoms with Gasteiger partial charge in [0.2, 0.25) is 0 Å². The predicted octanol–water partition coefficient (Wildman–Crippen LogP) is 3.72. The number of aromatic nitrogens is 1. The van der Waals surface area contributed by atoms with Crippen molar-refractivity contribution in [1.29, 1.82) is 0 Å². The van der Waals surface area contributed by atoms with Crippen LogP contribution in [0.25, 0.3) is 10.8 Å². The molecule has 1 saturated heterocycles. The van der Waals surface area contributed by atoms with Gasteiger partial charge in [-0.05, 0) is 44.7 Å². The fourth-order valence-corrected chi connectivity index (χ4v) is 3.56. The molecule has 2 aromatic rings. The number of benzene rings is 1. The SMILES string of the molecule is CCC1CCC(C)N1c1nc(CNC)cc2ccccc12. The molecular formula is C18H25N3. The lowest BCUT2D eigenvalue weighted by Crippen LogP contribution is -2.35. The van der Waals surface area contributed by atoms with E-state index in [4.69, 9.17) is 4.98 Å². The van der Waals surface area contributed by atoms with Gasteiger partial charge in [-0.3, -0.25) is 0 Å². The van der Waals surface area contributed by atoms with Crippen molar-refractivity contribution in [1.82, 2.24) is 10.3 Å². The minimum absolute atomic E-state index is 0.579. The van der Waals surface area contributed by atoms with Gasteiger partial charge >= 0.3 is 0 Å². The summed E-state index contributed by atoms with van der Waals surface area (Å²) in [5.41, 5.74) is 1.13. The van der Waals surface area contributed by atoms with E-state index >= 15 is 0 Å². The normalized spacial score (nSPS) is 22.1. The minimum Gasteiger partial charge on any atom is -0.350 e. The van der Waals surface area contributed by atoms with Crippen LogP contribution >= 0.6 is 0 Å². The van der Waals surface area contributed by atoms with Crippen molar-refractivity contribution < 1.29 is 0 Å². The van der Waals surface area contributed by atoms with E-state index in [0.29, 0.717) is 12.1 Å². The van der Waals surface area contributed by atoms with Crippen LogP contribution in [0.15, 0.2) is 30.3 Å². The van der Waals surface area contributed by atoms with Crippen molar-refractivity contribution in [3.05, 3.63) is 36.0 Å². The lowest BCUT2D eigenvalue weighted by atomic mass is 10.1. The monoisotopic (exact) mass is 283 g/mol. The molecule has 0 amide bonds. The molecule has 3 nitrogen and oxygen atoms in total. The maximum Gasteiger partial charge on any atom is 0.137 e. The molecule has 1 aliphatic rings. The first-order chi connectivity index (χ1) is 10.2. The molecule has 3 heteroatoms. The Labute approximate surface area is 127 Å². The van der Waals surface area contributed by atoms with Gasteiger partial charge in [-0.2, -0.15) is 0 Å². The summed E-state index contributed by atoms with van der Waals surface area (Å²) in [6, 6.07) is 12.0. The highest BCUT2D eigenvalue weighted by Crippen LogP contribution is 2.35. The molecule has 2 heterocycles. The second kappa shape index (κ2) is 6.02.